The highest BCUT2D eigenvalue weighted by molar-refractivity contribution is 5.37. The van der Waals surface area contributed by atoms with E-state index in [0.29, 0.717) is 12.6 Å². The number of rotatable bonds is 8. The molecule has 0 bridgehead atoms. The van der Waals surface area contributed by atoms with Crippen LogP contribution in [-0.4, -0.2) is 44.8 Å². The zero-order chi connectivity index (χ0) is 18.4. The van der Waals surface area contributed by atoms with Crippen molar-refractivity contribution in [3.05, 3.63) is 72.1 Å². The van der Waals surface area contributed by atoms with Gasteiger partial charge in [0.25, 0.3) is 0 Å². The number of pyridine rings is 1. The molecule has 2 heterocycles. The number of likely N-dealkylation sites (N-methyl/N-ethyl adjacent to an activating group) is 1. The molecule has 136 valence electrons. The van der Waals surface area contributed by atoms with E-state index in [9.17, 15) is 0 Å². The lowest BCUT2D eigenvalue weighted by Gasteiger charge is -2.25. The fraction of sp³-hybridized carbons (Fsp3) is 0.350. The third-order valence-electron chi connectivity index (χ3n) is 4.56. The highest BCUT2D eigenvalue weighted by Crippen LogP contribution is 2.22. The molecule has 6 nitrogen and oxygen atoms in total. The molecule has 26 heavy (non-hydrogen) atoms. The number of methoxy groups -OCH3 is 1. The summed E-state index contributed by atoms with van der Waals surface area (Å²) < 4.78 is 7.30. The monoisotopic (exact) mass is 351 g/mol. The molecular formula is C20H25N5O. The fourth-order valence-electron chi connectivity index (χ4n) is 2.96. The molecule has 3 rings (SSSR count). The Morgan fingerprint density at radius 2 is 2.12 bits per heavy atom. The number of hydrogen-bond donors (Lipinski definition) is 0. The molecule has 0 fully saturated rings. The van der Waals surface area contributed by atoms with Crippen molar-refractivity contribution < 1.29 is 4.74 Å². The van der Waals surface area contributed by atoms with E-state index in [2.05, 4.69) is 52.1 Å². The molecule has 6 heteroatoms. The third-order valence-corrected chi connectivity index (χ3v) is 4.56. The summed E-state index contributed by atoms with van der Waals surface area (Å²) in [6, 6.07) is 12.8. The minimum Gasteiger partial charge on any atom is -0.496 e. The Kier molecular flexibility index (Phi) is 5.96. The molecule has 1 aromatic carbocycles. The largest absolute Gasteiger partial charge is 0.496 e. The van der Waals surface area contributed by atoms with Crippen LogP contribution in [0.4, 0.5) is 0 Å². The van der Waals surface area contributed by atoms with E-state index in [1.54, 1.807) is 24.4 Å². The van der Waals surface area contributed by atoms with Gasteiger partial charge in [0.15, 0.2) is 0 Å². The van der Waals surface area contributed by atoms with Crippen LogP contribution in [0.1, 0.15) is 23.7 Å². The summed E-state index contributed by atoms with van der Waals surface area (Å²) in [4.78, 5) is 10.8. The zero-order valence-electron chi connectivity index (χ0n) is 15.5. The van der Waals surface area contributed by atoms with E-state index in [1.165, 1.54) is 5.56 Å². The highest BCUT2D eigenvalue weighted by Gasteiger charge is 2.13. The maximum absolute atomic E-state index is 5.50. The van der Waals surface area contributed by atoms with E-state index in [0.717, 1.165) is 30.0 Å². The first-order valence-electron chi connectivity index (χ1n) is 8.74. The molecule has 0 aliphatic carbocycles. The average Bonchev–Trinajstić information content (AvgIpc) is 3.16. The van der Waals surface area contributed by atoms with Gasteiger partial charge in [-0.15, -0.1) is 0 Å². The van der Waals surface area contributed by atoms with Crippen molar-refractivity contribution in [1.29, 1.82) is 0 Å². The summed E-state index contributed by atoms with van der Waals surface area (Å²) in [7, 11) is 3.84. The van der Waals surface area contributed by atoms with Crippen LogP contribution in [0.2, 0.25) is 0 Å². The van der Waals surface area contributed by atoms with Gasteiger partial charge in [-0.1, -0.05) is 12.1 Å². The fourth-order valence-corrected chi connectivity index (χ4v) is 2.96. The van der Waals surface area contributed by atoms with Gasteiger partial charge in [0.05, 0.1) is 13.7 Å². The van der Waals surface area contributed by atoms with Crippen LogP contribution < -0.4 is 4.74 Å². The molecule has 0 amide bonds. The Bertz CT molecular complexity index is 804. The van der Waals surface area contributed by atoms with Gasteiger partial charge >= 0.3 is 0 Å². The van der Waals surface area contributed by atoms with Crippen molar-refractivity contribution in [2.75, 3.05) is 14.2 Å². The van der Waals surface area contributed by atoms with Gasteiger partial charge in [0.2, 0.25) is 0 Å². The summed E-state index contributed by atoms with van der Waals surface area (Å²) in [6.07, 6.45) is 6.04. The number of ether oxygens (including phenoxy) is 1. The van der Waals surface area contributed by atoms with Gasteiger partial charge in [-0.3, -0.25) is 9.88 Å². The van der Waals surface area contributed by atoms with Crippen LogP contribution in [0.15, 0.2) is 55.2 Å². The molecular weight excluding hydrogens is 326 g/mol. The number of nitrogens with zero attached hydrogens (tertiary/aromatic N) is 5. The number of benzene rings is 1. The van der Waals surface area contributed by atoms with Crippen LogP contribution in [0.5, 0.6) is 5.75 Å². The van der Waals surface area contributed by atoms with Gasteiger partial charge in [-0.25, -0.2) is 9.67 Å². The topological polar surface area (TPSA) is 56.1 Å². The molecule has 0 saturated heterocycles. The van der Waals surface area contributed by atoms with E-state index in [1.807, 2.05) is 24.4 Å². The lowest BCUT2D eigenvalue weighted by Crippen LogP contribution is -2.30. The van der Waals surface area contributed by atoms with E-state index in [-0.39, 0.29) is 0 Å². The standard InChI is InChI=1S/C20H25N5O/c1-16(10-19-6-4-5-9-22-19)24(2)12-17-7-8-20(26-3)18(11-17)13-25-15-21-14-23-25/h4-9,11,14-16H,10,12-13H2,1-3H3. The van der Waals surface area contributed by atoms with Crippen molar-refractivity contribution in [2.24, 2.45) is 0 Å². The molecule has 2 aromatic heterocycles. The molecule has 0 spiro atoms. The molecule has 0 N–H and O–H groups in total. The zero-order valence-corrected chi connectivity index (χ0v) is 15.5. The summed E-state index contributed by atoms with van der Waals surface area (Å²) in [6.45, 7) is 3.74. The van der Waals surface area contributed by atoms with E-state index in [4.69, 9.17) is 4.74 Å². The van der Waals surface area contributed by atoms with Crippen molar-refractivity contribution in [2.45, 2.75) is 32.5 Å². The number of aromatic nitrogens is 4. The minimum atomic E-state index is 0.394. The van der Waals surface area contributed by atoms with Crippen molar-refractivity contribution in [3.63, 3.8) is 0 Å². The summed E-state index contributed by atoms with van der Waals surface area (Å²) in [5, 5.41) is 4.19. The quantitative estimate of drug-likeness (QED) is 0.625. The molecule has 3 aromatic rings. The molecule has 0 saturated carbocycles. The minimum absolute atomic E-state index is 0.394. The second-order valence-electron chi connectivity index (χ2n) is 6.53. The Morgan fingerprint density at radius 1 is 1.23 bits per heavy atom. The average molecular weight is 351 g/mol. The second-order valence-corrected chi connectivity index (χ2v) is 6.53. The summed E-state index contributed by atoms with van der Waals surface area (Å²) >= 11 is 0. The smallest absolute Gasteiger partial charge is 0.137 e. The van der Waals surface area contributed by atoms with Gasteiger partial charge in [0.1, 0.15) is 18.4 Å². The van der Waals surface area contributed by atoms with Gasteiger partial charge < -0.3 is 4.74 Å². The lowest BCUT2D eigenvalue weighted by molar-refractivity contribution is 0.246. The predicted octanol–water partition coefficient (Wildman–Crippen LogP) is 2.79. The van der Waals surface area contributed by atoms with Crippen molar-refractivity contribution in [1.82, 2.24) is 24.6 Å². The Balaban J connectivity index is 1.68. The van der Waals surface area contributed by atoms with Crippen LogP contribution >= 0.6 is 0 Å². The van der Waals surface area contributed by atoms with E-state index < -0.39 is 0 Å². The first kappa shape index (κ1) is 18.1. The Morgan fingerprint density at radius 3 is 2.81 bits per heavy atom. The third kappa shape index (κ3) is 4.67. The first-order valence-corrected chi connectivity index (χ1v) is 8.74. The number of hydrogen-bond acceptors (Lipinski definition) is 5. The Labute approximate surface area is 154 Å². The van der Waals surface area contributed by atoms with Gasteiger partial charge in [0, 0.05) is 36.5 Å². The predicted molar refractivity (Wildman–Crippen MR) is 101 cm³/mol. The maximum Gasteiger partial charge on any atom is 0.137 e. The van der Waals surface area contributed by atoms with Crippen LogP contribution in [-0.2, 0) is 19.5 Å². The van der Waals surface area contributed by atoms with Crippen LogP contribution in [0, 0.1) is 0 Å². The van der Waals surface area contributed by atoms with Crippen LogP contribution in [0.25, 0.3) is 0 Å². The summed E-state index contributed by atoms with van der Waals surface area (Å²) in [5.41, 5.74) is 3.46. The molecule has 1 unspecified atom stereocenters. The van der Waals surface area contributed by atoms with E-state index >= 15 is 0 Å². The van der Waals surface area contributed by atoms with Gasteiger partial charge in [-0.05, 0) is 43.8 Å². The van der Waals surface area contributed by atoms with Crippen molar-refractivity contribution >= 4 is 0 Å². The molecule has 0 radical (unpaired) electrons. The summed E-state index contributed by atoms with van der Waals surface area (Å²) in [5.74, 6) is 0.869. The first-order chi connectivity index (χ1) is 12.7. The highest BCUT2D eigenvalue weighted by atomic mass is 16.5. The molecule has 0 aliphatic heterocycles. The Hall–Kier alpha value is -2.73. The second kappa shape index (κ2) is 8.58. The normalized spacial score (nSPS) is 12.3. The SMILES string of the molecule is COc1ccc(CN(C)C(C)Cc2ccccn2)cc1Cn1cncn1. The molecule has 1 atom stereocenters. The van der Waals surface area contributed by atoms with Crippen LogP contribution in [0.3, 0.4) is 0 Å². The lowest BCUT2D eigenvalue weighted by atomic mass is 10.1. The molecule has 0 aliphatic rings. The van der Waals surface area contributed by atoms with Crippen molar-refractivity contribution in [3.8, 4) is 5.75 Å². The maximum atomic E-state index is 5.50. The van der Waals surface area contributed by atoms with Gasteiger partial charge in [-0.2, -0.15) is 5.10 Å².